The summed E-state index contributed by atoms with van der Waals surface area (Å²) < 4.78 is 19.7. The molecule has 11 atom stereocenters. The van der Waals surface area contributed by atoms with Crippen molar-refractivity contribution >= 4 is 0 Å². The van der Waals surface area contributed by atoms with Crippen molar-refractivity contribution in [1.29, 1.82) is 0 Å². The van der Waals surface area contributed by atoms with E-state index in [0.29, 0.717) is 87.7 Å². The Morgan fingerprint density at radius 1 is 0.850 bits per heavy atom. The fourth-order valence-electron chi connectivity index (χ4n) is 10.3. The Kier molecular flexibility index (Phi) is 11.8. The minimum absolute atomic E-state index is 0.143. The largest absolute Gasteiger partial charge is 0.377 e. The molecule has 0 aliphatic heterocycles. The van der Waals surface area contributed by atoms with E-state index in [-0.39, 0.29) is 23.0 Å². The number of ether oxygens (including phenoxy) is 3. The lowest BCUT2D eigenvalue weighted by Gasteiger charge is -2.64. The summed E-state index contributed by atoms with van der Waals surface area (Å²) >= 11 is 0. The summed E-state index contributed by atoms with van der Waals surface area (Å²) in [6.07, 6.45) is 11.6. The van der Waals surface area contributed by atoms with E-state index in [1.807, 2.05) is 0 Å². The smallest absolute Gasteiger partial charge is 0.0637 e. The van der Waals surface area contributed by atoms with Gasteiger partial charge in [-0.3, -0.25) is 4.90 Å². The number of fused-ring (bicyclic) bond motifs is 5. The number of hydrogen-bond acceptors (Lipinski definition) is 8. The summed E-state index contributed by atoms with van der Waals surface area (Å²) in [6, 6.07) is 0. The molecule has 8 heteroatoms. The molecular weight excluding hydrogens is 502 g/mol. The molecule has 8 nitrogen and oxygen atoms in total. The molecule has 4 aliphatic rings. The van der Waals surface area contributed by atoms with Crippen LogP contribution in [0.1, 0.15) is 78.6 Å². The Labute approximate surface area is 244 Å². The Morgan fingerprint density at radius 2 is 1.55 bits per heavy atom. The average molecular weight is 566 g/mol. The van der Waals surface area contributed by atoms with Gasteiger partial charge in [-0.2, -0.15) is 0 Å². The Morgan fingerprint density at radius 3 is 2.25 bits per heavy atom. The molecule has 5 unspecified atom stereocenters. The van der Waals surface area contributed by atoms with Crippen LogP contribution < -0.4 is 22.9 Å². The van der Waals surface area contributed by atoms with Crippen LogP contribution in [-0.2, 0) is 14.2 Å². The van der Waals surface area contributed by atoms with Crippen LogP contribution in [0.3, 0.4) is 0 Å². The molecule has 0 spiro atoms. The van der Waals surface area contributed by atoms with Gasteiger partial charge in [0, 0.05) is 31.7 Å². The highest BCUT2D eigenvalue weighted by Crippen LogP contribution is 2.69. The second-order valence-electron chi connectivity index (χ2n) is 14.3. The van der Waals surface area contributed by atoms with Crippen molar-refractivity contribution in [3.63, 3.8) is 0 Å². The summed E-state index contributed by atoms with van der Waals surface area (Å²) in [4.78, 5) is 2.22. The fourth-order valence-corrected chi connectivity index (χ4v) is 10.3. The first kappa shape index (κ1) is 32.6. The summed E-state index contributed by atoms with van der Waals surface area (Å²) in [5, 5.41) is 0. The van der Waals surface area contributed by atoms with Gasteiger partial charge in [0.2, 0.25) is 0 Å². The van der Waals surface area contributed by atoms with Crippen LogP contribution in [0.5, 0.6) is 0 Å². The van der Waals surface area contributed by atoms with E-state index in [0.717, 1.165) is 32.2 Å². The van der Waals surface area contributed by atoms with E-state index in [1.54, 1.807) is 0 Å². The van der Waals surface area contributed by atoms with Crippen LogP contribution in [-0.4, -0.2) is 82.9 Å². The van der Waals surface area contributed by atoms with Crippen LogP contribution >= 0.6 is 0 Å². The van der Waals surface area contributed by atoms with Gasteiger partial charge in [-0.15, -0.1) is 0 Å². The molecular formula is C32H63N5O3. The molecule has 0 saturated heterocycles. The van der Waals surface area contributed by atoms with Crippen molar-refractivity contribution < 1.29 is 14.2 Å². The lowest BCUT2D eigenvalue weighted by Crippen LogP contribution is -2.63. The zero-order chi connectivity index (χ0) is 28.9. The maximum Gasteiger partial charge on any atom is 0.0637 e. The van der Waals surface area contributed by atoms with Crippen molar-refractivity contribution in [2.24, 2.45) is 69.3 Å². The van der Waals surface area contributed by atoms with Gasteiger partial charge in [0.15, 0.2) is 0 Å². The van der Waals surface area contributed by atoms with Crippen LogP contribution in [0.15, 0.2) is 0 Å². The summed E-state index contributed by atoms with van der Waals surface area (Å²) in [5.74, 6) is 3.69. The predicted molar refractivity (Wildman–Crippen MR) is 162 cm³/mol. The zero-order valence-corrected chi connectivity index (χ0v) is 26.2. The van der Waals surface area contributed by atoms with Gasteiger partial charge in [0.05, 0.1) is 38.1 Å². The molecule has 4 saturated carbocycles. The maximum absolute atomic E-state index is 6.80. The number of nitrogens with zero attached hydrogens (tertiary/aromatic N) is 1. The Bertz CT molecular complexity index is 775. The van der Waals surface area contributed by atoms with Gasteiger partial charge in [-0.05, 0) is 112 Å². The molecule has 4 fully saturated rings. The summed E-state index contributed by atoms with van der Waals surface area (Å²) in [5.41, 5.74) is 24.1. The fraction of sp³-hybridized carbons (Fsp3) is 1.00. The molecule has 0 aromatic carbocycles. The third-order valence-corrected chi connectivity index (χ3v) is 12.3. The highest BCUT2D eigenvalue weighted by atomic mass is 16.5. The third kappa shape index (κ3) is 6.45. The van der Waals surface area contributed by atoms with E-state index in [1.165, 1.54) is 32.1 Å². The quantitative estimate of drug-likeness (QED) is 0.222. The molecule has 0 amide bonds. The molecule has 0 bridgehead atoms. The third-order valence-electron chi connectivity index (χ3n) is 12.3. The lowest BCUT2D eigenvalue weighted by atomic mass is 9.43. The van der Waals surface area contributed by atoms with Gasteiger partial charge in [-0.1, -0.05) is 20.8 Å². The van der Waals surface area contributed by atoms with E-state index in [2.05, 4.69) is 32.7 Å². The van der Waals surface area contributed by atoms with Crippen molar-refractivity contribution in [2.75, 3.05) is 59.7 Å². The van der Waals surface area contributed by atoms with E-state index in [9.17, 15) is 0 Å². The molecule has 4 rings (SSSR count). The Balaban J connectivity index is 1.61. The second kappa shape index (κ2) is 14.4. The molecule has 8 N–H and O–H groups in total. The van der Waals surface area contributed by atoms with E-state index < -0.39 is 0 Å². The van der Waals surface area contributed by atoms with Crippen LogP contribution in [0.2, 0.25) is 0 Å². The van der Waals surface area contributed by atoms with Gasteiger partial charge in [0.1, 0.15) is 0 Å². The standard InChI is InChI=1S/C32H63N5O3/c1-22(6-5-14-37(4)21-36)25-7-8-26-30-27(20-29(32(25,26)3)40-17-13-35)31(2)10-9-24(38-15-11-33)18-23(31)19-28(30)39-16-12-34/h22-30H,5-21,33-36H2,1-4H3/t22-,23?,24+,25?,26+,27+,28-,29+,30?,31?,32?/m1/s1. The monoisotopic (exact) mass is 565 g/mol. The van der Waals surface area contributed by atoms with Gasteiger partial charge in [-0.25, -0.2) is 0 Å². The van der Waals surface area contributed by atoms with Crippen molar-refractivity contribution in [2.45, 2.75) is 96.9 Å². The van der Waals surface area contributed by atoms with Crippen LogP contribution in [0.25, 0.3) is 0 Å². The normalized spacial score (nSPS) is 41.9. The highest BCUT2D eigenvalue weighted by Gasteiger charge is 2.66. The molecule has 0 heterocycles. The van der Waals surface area contributed by atoms with Crippen LogP contribution in [0, 0.1) is 46.3 Å². The summed E-state index contributed by atoms with van der Waals surface area (Å²) in [7, 11) is 2.12. The molecule has 4 aliphatic carbocycles. The minimum Gasteiger partial charge on any atom is -0.377 e. The van der Waals surface area contributed by atoms with Crippen LogP contribution in [0.4, 0.5) is 0 Å². The molecule has 0 radical (unpaired) electrons. The van der Waals surface area contributed by atoms with Gasteiger partial charge >= 0.3 is 0 Å². The molecule has 234 valence electrons. The zero-order valence-electron chi connectivity index (χ0n) is 26.2. The lowest BCUT2D eigenvalue weighted by molar-refractivity contribution is -0.226. The molecule has 40 heavy (non-hydrogen) atoms. The average Bonchev–Trinajstić information content (AvgIpc) is 3.31. The van der Waals surface area contributed by atoms with E-state index in [4.69, 9.17) is 37.1 Å². The number of nitrogens with two attached hydrogens (primary N) is 4. The Hall–Kier alpha value is -0.320. The first-order valence-electron chi connectivity index (χ1n) is 16.6. The second-order valence-corrected chi connectivity index (χ2v) is 14.3. The van der Waals surface area contributed by atoms with Gasteiger partial charge < -0.3 is 37.1 Å². The molecule has 0 aromatic rings. The van der Waals surface area contributed by atoms with E-state index >= 15 is 0 Å². The van der Waals surface area contributed by atoms with Crippen molar-refractivity contribution in [3.05, 3.63) is 0 Å². The van der Waals surface area contributed by atoms with Crippen molar-refractivity contribution in [3.8, 4) is 0 Å². The topological polar surface area (TPSA) is 135 Å². The predicted octanol–water partition coefficient (Wildman–Crippen LogP) is 3.16. The first-order chi connectivity index (χ1) is 19.2. The minimum atomic E-state index is 0.143. The SMILES string of the molecule is C[C@H](CCCN(C)CN)C1CC[C@H]2C3[C@H](OCCN)CC4C[C@@H](OCCN)CCC4(C)[C@H]3C[C@H](OCCN)C12C. The van der Waals surface area contributed by atoms with Crippen molar-refractivity contribution in [1.82, 2.24) is 4.90 Å². The number of rotatable bonds is 15. The maximum atomic E-state index is 6.80. The first-order valence-corrected chi connectivity index (χ1v) is 16.6. The van der Waals surface area contributed by atoms with Gasteiger partial charge in [0.25, 0.3) is 0 Å². The number of hydrogen-bond donors (Lipinski definition) is 4. The molecule has 0 aromatic heterocycles. The summed E-state index contributed by atoms with van der Waals surface area (Å²) in [6.45, 7) is 13.1. The highest BCUT2D eigenvalue weighted by molar-refractivity contribution is 5.15.